The number of primary sulfonamides is 1. The van der Waals surface area contributed by atoms with Crippen LogP contribution in [0.2, 0.25) is 0 Å². The zero-order valence-electron chi connectivity index (χ0n) is 13.6. The third kappa shape index (κ3) is 5.11. The van der Waals surface area contributed by atoms with Crippen LogP contribution >= 0.6 is 0 Å². The van der Waals surface area contributed by atoms with Crippen molar-refractivity contribution in [3.8, 4) is 0 Å². The summed E-state index contributed by atoms with van der Waals surface area (Å²) in [7, 11) is -3.73. The molecule has 1 aliphatic rings. The molecule has 1 atom stereocenters. The van der Waals surface area contributed by atoms with Gasteiger partial charge >= 0.3 is 6.09 Å². The minimum atomic E-state index is -3.73. The Bertz CT molecular complexity index is 682. The summed E-state index contributed by atoms with van der Waals surface area (Å²) in [5, 5.41) is 8.36. The van der Waals surface area contributed by atoms with E-state index in [1.54, 1.807) is 17.0 Å². The molecular weight excluding hydrogens is 318 g/mol. The number of nitrogens with one attached hydrogen (secondary N) is 1. The molecule has 0 aromatic heterocycles. The first-order chi connectivity index (χ1) is 10.5. The van der Waals surface area contributed by atoms with Crippen LogP contribution in [0.1, 0.15) is 27.2 Å². The van der Waals surface area contributed by atoms with Gasteiger partial charge in [0, 0.05) is 24.8 Å². The second-order valence-electron chi connectivity index (χ2n) is 6.63. The molecule has 1 saturated heterocycles. The molecule has 3 N–H and O–H groups in total. The summed E-state index contributed by atoms with van der Waals surface area (Å²) in [6.07, 6.45) is 0.429. The molecule has 0 bridgehead atoms. The highest BCUT2D eigenvalue weighted by atomic mass is 32.2. The number of carbonyl (C=O) groups is 1. The predicted molar refractivity (Wildman–Crippen MR) is 87.6 cm³/mol. The van der Waals surface area contributed by atoms with Gasteiger partial charge < -0.3 is 15.0 Å². The first-order valence-electron chi connectivity index (χ1n) is 7.42. The van der Waals surface area contributed by atoms with E-state index >= 15 is 0 Å². The van der Waals surface area contributed by atoms with Crippen LogP contribution in [0.5, 0.6) is 0 Å². The van der Waals surface area contributed by atoms with Crippen molar-refractivity contribution in [1.82, 2.24) is 4.90 Å². The molecular formula is C15H23N3O4S. The van der Waals surface area contributed by atoms with Gasteiger partial charge in [-0.2, -0.15) is 0 Å². The van der Waals surface area contributed by atoms with Gasteiger partial charge in [-0.1, -0.05) is 6.07 Å². The highest BCUT2D eigenvalue weighted by molar-refractivity contribution is 7.89. The van der Waals surface area contributed by atoms with Crippen molar-refractivity contribution in [1.29, 1.82) is 0 Å². The van der Waals surface area contributed by atoms with Crippen molar-refractivity contribution >= 4 is 21.8 Å². The molecule has 1 heterocycles. The summed E-state index contributed by atoms with van der Waals surface area (Å²) in [6, 6.07) is 6.37. The number of carbonyl (C=O) groups excluding carboxylic acids is 1. The van der Waals surface area contributed by atoms with Crippen molar-refractivity contribution in [2.75, 3.05) is 18.4 Å². The lowest BCUT2D eigenvalue weighted by Crippen LogP contribution is -2.36. The molecule has 23 heavy (non-hydrogen) atoms. The van der Waals surface area contributed by atoms with Crippen LogP contribution in [0.15, 0.2) is 29.2 Å². The lowest BCUT2D eigenvalue weighted by atomic mass is 10.2. The maximum Gasteiger partial charge on any atom is 0.410 e. The fourth-order valence-electron chi connectivity index (χ4n) is 2.37. The summed E-state index contributed by atoms with van der Waals surface area (Å²) in [5.41, 5.74) is 0.138. The van der Waals surface area contributed by atoms with Crippen molar-refractivity contribution in [3.05, 3.63) is 24.3 Å². The van der Waals surface area contributed by atoms with Crippen LogP contribution in [-0.2, 0) is 14.8 Å². The Hall–Kier alpha value is -1.80. The quantitative estimate of drug-likeness (QED) is 0.872. The molecule has 128 valence electrons. The van der Waals surface area contributed by atoms with E-state index in [9.17, 15) is 13.2 Å². The summed E-state index contributed by atoms with van der Waals surface area (Å²) < 4.78 is 28.1. The number of nitrogens with zero attached hydrogens (tertiary/aromatic N) is 1. The van der Waals surface area contributed by atoms with Gasteiger partial charge in [0.2, 0.25) is 10.0 Å². The van der Waals surface area contributed by atoms with Crippen LogP contribution in [0.4, 0.5) is 10.5 Å². The van der Waals surface area contributed by atoms with E-state index in [-0.39, 0.29) is 17.0 Å². The van der Waals surface area contributed by atoms with E-state index in [0.29, 0.717) is 18.8 Å². The SMILES string of the molecule is CC(C)(C)OC(=O)N1CCC(Nc2cccc(S(N)(=O)=O)c2)C1. The molecule has 1 aromatic rings. The lowest BCUT2D eigenvalue weighted by molar-refractivity contribution is 0.0293. The Morgan fingerprint density at radius 3 is 2.70 bits per heavy atom. The maximum atomic E-state index is 12.0. The van der Waals surface area contributed by atoms with Crippen LogP contribution < -0.4 is 10.5 Å². The van der Waals surface area contributed by atoms with Crippen LogP contribution in [-0.4, -0.2) is 44.1 Å². The van der Waals surface area contributed by atoms with E-state index in [2.05, 4.69) is 5.32 Å². The number of amides is 1. The number of rotatable bonds is 3. The number of hydrogen-bond acceptors (Lipinski definition) is 5. The maximum absolute atomic E-state index is 12.0. The highest BCUT2D eigenvalue weighted by Crippen LogP contribution is 2.20. The van der Waals surface area contributed by atoms with Gasteiger partial charge in [0.1, 0.15) is 5.60 Å². The van der Waals surface area contributed by atoms with Crippen LogP contribution in [0.3, 0.4) is 0 Å². The first kappa shape index (κ1) is 17.6. The predicted octanol–water partition coefficient (Wildman–Crippen LogP) is 1.76. The average Bonchev–Trinajstić information content (AvgIpc) is 2.85. The number of likely N-dealkylation sites (tertiary alicyclic amines) is 1. The third-order valence-electron chi connectivity index (χ3n) is 3.37. The number of ether oxygens (including phenoxy) is 1. The molecule has 1 aliphatic heterocycles. The zero-order valence-corrected chi connectivity index (χ0v) is 14.4. The minimum absolute atomic E-state index is 0.0400. The van der Waals surface area contributed by atoms with Crippen molar-refractivity contribution in [2.24, 2.45) is 5.14 Å². The Morgan fingerprint density at radius 1 is 1.39 bits per heavy atom. The Labute approximate surface area is 136 Å². The Balaban J connectivity index is 1.97. The highest BCUT2D eigenvalue weighted by Gasteiger charge is 2.29. The molecule has 1 amide bonds. The van der Waals surface area contributed by atoms with Crippen molar-refractivity contribution < 1.29 is 17.9 Å². The van der Waals surface area contributed by atoms with E-state index in [1.165, 1.54) is 12.1 Å². The standard InChI is InChI=1S/C15H23N3O4S/c1-15(2,3)22-14(19)18-8-7-12(10-18)17-11-5-4-6-13(9-11)23(16,20)21/h4-6,9,12,17H,7-8,10H2,1-3H3,(H2,16,20,21). The van der Waals surface area contributed by atoms with E-state index in [0.717, 1.165) is 6.42 Å². The van der Waals surface area contributed by atoms with Crippen molar-refractivity contribution in [3.63, 3.8) is 0 Å². The second-order valence-corrected chi connectivity index (χ2v) is 8.19. The van der Waals surface area contributed by atoms with Gasteiger partial charge in [0.15, 0.2) is 0 Å². The smallest absolute Gasteiger partial charge is 0.410 e. The summed E-state index contributed by atoms with van der Waals surface area (Å²) >= 11 is 0. The number of sulfonamides is 1. The van der Waals surface area contributed by atoms with Gasteiger partial charge in [-0.15, -0.1) is 0 Å². The number of hydrogen-bond donors (Lipinski definition) is 2. The second kappa shape index (κ2) is 6.37. The molecule has 2 rings (SSSR count). The molecule has 1 aromatic carbocycles. The molecule has 1 unspecified atom stereocenters. The van der Waals surface area contributed by atoms with Gasteiger partial charge in [-0.25, -0.2) is 18.4 Å². The van der Waals surface area contributed by atoms with E-state index in [4.69, 9.17) is 9.88 Å². The third-order valence-corrected chi connectivity index (χ3v) is 4.28. The normalized spacial score (nSPS) is 18.8. The Morgan fingerprint density at radius 2 is 2.09 bits per heavy atom. The van der Waals surface area contributed by atoms with Crippen LogP contribution in [0.25, 0.3) is 0 Å². The van der Waals surface area contributed by atoms with Gasteiger partial charge in [-0.05, 0) is 45.4 Å². The van der Waals surface area contributed by atoms with Gasteiger partial charge in [-0.3, -0.25) is 0 Å². The van der Waals surface area contributed by atoms with Crippen LogP contribution in [0, 0.1) is 0 Å². The Kier molecular flexibility index (Phi) is 4.86. The molecule has 0 aliphatic carbocycles. The summed E-state index contributed by atoms with van der Waals surface area (Å²) in [4.78, 5) is 13.7. The summed E-state index contributed by atoms with van der Waals surface area (Å²) in [6.45, 7) is 6.59. The molecule has 8 heteroatoms. The topological polar surface area (TPSA) is 102 Å². The zero-order chi connectivity index (χ0) is 17.3. The average molecular weight is 341 g/mol. The monoisotopic (exact) mass is 341 g/mol. The molecule has 7 nitrogen and oxygen atoms in total. The van der Waals surface area contributed by atoms with Gasteiger partial charge in [0.25, 0.3) is 0 Å². The molecule has 0 radical (unpaired) electrons. The minimum Gasteiger partial charge on any atom is -0.444 e. The first-order valence-corrected chi connectivity index (χ1v) is 8.96. The fourth-order valence-corrected chi connectivity index (χ4v) is 2.93. The number of nitrogens with two attached hydrogens (primary N) is 1. The number of anilines is 1. The molecule has 0 saturated carbocycles. The molecule has 1 fully saturated rings. The molecule has 0 spiro atoms. The fraction of sp³-hybridized carbons (Fsp3) is 0.533. The summed E-state index contributed by atoms with van der Waals surface area (Å²) in [5.74, 6) is 0. The van der Waals surface area contributed by atoms with E-state index < -0.39 is 15.6 Å². The van der Waals surface area contributed by atoms with Crippen molar-refractivity contribution in [2.45, 2.75) is 43.7 Å². The van der Waals surface area contributed by atoms with Gasteiger partial charge in [0.05, 0.1) is 4.90 Å². The number of benzene rings is 1. The van der Waals surface area contributed by atoms with E-state index in [1.807, 2.05) is 20.8 Å². The largest absolute Gasteiger partial charge is 0.444 e. The lowest BCUT2D eigenvalue weighted by Gasteiger charge is -2.24.